The lowest BCUT2D eigenvalue weighted by atomic mass is 9.84. The van der Waals surface area contributed by atoms with Crippen molar-refractivity contribution in [3.05, 3.63) is 0 Å². The van der Waals surface area contributed by atoms with Crippen LogP contribution in [0.3, 0.4) is 0 Å². The van der Waals surface area contributed by atoms with Gasteiger partial charge in [0.25, 0.3) is 0 Å². The van der Waals surface area contributed by atoms with Crippen molar-refractivity contribution in [2.24, 2.45) is 11.8 Å². The van der Waals surface area contributed by atoms with Crippen LogP contribution in [0.5, 0.6) is 0 Å². The molecule has 1 fully saturated rings. The van der Waals surface area contributed by atoms with E-state index in [-0.39, 0.29) is 0 Å². The normalized spacial score (nSPS) is 25.3. The van der Waals surface area contributed by atoms with E-state index in [1.54, 1.807) is 0 Å². The molecule has 108 valence electrons. The first-order chi connectivity index (χ1) is 8.74. The topological polar surface area (TPSA) is 12.0 Å². The molecule has 0 heterocycles. The molecule has 1 aliphatic rings. The van der Waals surface area contributed by atoms with Gasteiger partial charge < -0.3 is 5.32 Å². The van der Waals surface area contributed by atoms with Crippen molar-refractivity contribution >= 4 is 11.8 Å². The van der Waals surface area contributed by atoms with Gasteiger partial charge in [-0.3, -0.25) is 0 Å². The highest BCUT2D eigenvalue weighted by atomic mass is 32.2. The van der Waals surface area contributed by atoms with Crippen molar-refractivity contribution in [1.29, 1.82) is 0 Å². The Bertz CT molecular complexity index is 194. The fourth-order valence-electron chi connectivity index (χ4n) is 3.09. The Morgan fingerprint density at radius 1 is 1.11 bits per heavy atom. The molecule has 18 heavy (non-hydrogen) atoms. The highest BCUT2D eigenvalue weighted by Crippen LogP contribution is 2.32. The van der Waals surface area contributed by atoms with Gasteiger partial charge in [0.2, 0.25) is 0 Å². The maximum Gasteiger partial charge on any atom is 0.00104 e. The third-order valence-corrected chi connectivity index (χ3v) is 5.16. The van der Waals surface area contributed by atoms with Gasteiger partial charge in [0.05, 0.1) is 0 Å². The predicted molar refractivity (Wildman–Crippen MR) is 85.4 cm³/mol. The summed E-state index contributed by atoms with van der Waals surface area (Å²) in [4.78, 5) is 0. The van der Waals surface area contributed by atoms with Crippen LogP contribution in [-0.2, 0) is 0 Å². The van der Waals surface area contributed by atoms with Gasteiger partial charge in [0, 0.05) is 6.04 Å². The number of hydrogen-bond donors (Lipinski definition) is 1. The Kier molecular flexibility index (Phi) is 9.22. The Hall–Kier alpha value is 0.310. The Morgan fingerprint density at radius 3 is 2.50 bits per heavy atom. The minimum atomic E-state index is 0.643. The smallest absolute Gasteiger partial charge is 0.00104 e. The second-order valence-corrected chi connectivity index (χ2v) is 7.45. The van der Waals surface area contributed by atoms with E-state index >= 15 is 0 Å². The molecule has 0 radical (unpaired) electrons. The molecular formula is C16H33NS. The van der Waals surface area contributed by atoms with Crippen LogP contribution < -0.4 is 5.32 Å². The first kappa shape index (κ1) is 16.4. The van der Waals surface area contributed by atoms with Crippen LogP contribution in [0.15, 0.2) is 0 Å². The highest BCUT2D eigenvalue weighted by molar-refractivity contribution is 7.99. The lowest BCUT2D eigenvalue weighted by Gasteiger charge is -2.26. The molecule has 2 heteroatoms. The van der Waals surface area contributed by atoms with E-state index in [4.69, 9.17) is 0 Å². The molecule has 0 bridgehead atoms. The summed E-state index contributed by atoms with van der Waals surface area (Å²) < 4.78 is 0. The van der Waals surface area contributed by atoms with E-state index in [9.17, 15) is 0 Å². The first-order valence-corrected chi connectivity index (χ1v) is 9.20. The third kappa shape index (κ3) is 7.04. The van der Waals surface area contributed by atoms with Crippen LogP contribution in [0, 0.1) is 11.8 Å². The summed E-state index contributed by atoms with van der Waals surface area (Å²) in [6, 6.07) is 0.643. The van der Waals surface area contributed by atoms with Gasteiger partial charge in [-0.1, -0.05) is 46.5 Å². The van der Waals surface area contributed by atoms with Crippen molar-refractivity contribution in [2.75, 3.05) is 18.1 Å². The van der Waals surface area contributed by atoms with E-state index in [1.807, 2.05) is 0 Å². The van der Waals surface area contributed by atoms with Crippen molar-refractivity contribution in [3.63, 3.8) is 0 Å². The number of nitrogens with one attached hydrogen (secondary N) is 1. The highest BCUT2D eigenvalue weighted by Gasteiger charge is 2.23. The SMILES string of the molecule is CCSCCCC1CCCCCC1CNC(C)C. The average Bonchev–Trinajstić information content (AvgIpc) is 2.57. The zero-order valence-corrected chi connectivity index (χ0v) is 13.5. The maximum atomic E-state index is 3.67. The van der Waals surface area contributed by atoms with Crippen LogP contribution in [-0.4, -0.2) is 24.1 Å². The predicted octanol–water partition coefficient (Wildman–Crippen LogP) is 4.71. The Labute approximate surface area is 119 Å². The van der Waals surface area contributed by atoms with Crippen LogP contribution >= 0.6 is 11.8 Å². The summed E-state index contributed by atoms with van der Waals surface area (Å²) in [5.41, 5.74) is 0. The molecule has 0 amide bonds. The molecule has 1 nitrogen and oxygen atoms in total. The van der Waals surface area contributed by atoms with Gasteiger partial charge in [-0.2, -0.15) is 11.8 Å². The Morgan fingerprint density at radius 2 is 1.83 bits per heavy atom. The standard InChI is InChI=1S/C16H33NS/c1-4-18-12-8-11-15-9-6-5-7-10-16(15)13-17-14(2)3/h14-17H,4-13H2,1-3H3. The largest absolute Gasteiger partial charge is 0.314 e. The minimum Gasteiger partial charge on any atom is -0.314 e. The van der Waals surface area contributed by atoms with Crippen molar-refractivity contribution in [2.45, 2.75) is 71.8 Å². The van der Waals surface area contributed by atoms with Gasteiger partial charge in [0.15, 0.2) is 0 Å². The summed E-state index contributed by atoms with van der Waals surface area (Å²) in [5.74, 6) is 4.60. The number of thioether (sulfide) groups is 1. The molecule has 0 spiro atoms. The molecule has 0 aromatic carbocycles. The van der Waals surface area contributed by atoms with E-state index in [2.05, 4.69) is 37.8 Å². The second-order valence-electron chi connectivity index (χ2n) is 6.06. The summed E-state index contributed by atoms with van der Waals surface area (Å²) in [6.07, 6.45) is 10.3. The van der Waals surface area contributed by atoms with E-state index in [0.717, 1.165) is 11.8 Å². The van der Waals surface area contributed by atoms with E-state index in [1.165, 1.54) is 63.0 Å². The van der Waals surface area contributed by atoms with Crippen LogP contribution in [0.25, 0.3) is 0 Å². The lowest BCUT2D eigenvalue weighted by molar-refractivity contribution is 0.276. The number of hydrogen-bond acceptors (Lipinski definition) is 2. The van der Waals surface area contributed by atoms with E-state index in [0.29, 0.717) is 6.04 Å². The van der Waals surface area contributed by atoms with Crippen molar-refractivity contribution in [3.8, 4) is 0 Å². The Balaban J connectivity index is 2.31. The molecule has 2 unspecified atom stereocenters. The molecule has 1 N–H and O–H groups in total. The fourth-order valence-corrected chi connectivity index (χ4v) is 3.75. The number of rotatable bonds is 8. The summed E-state index contributed by atoms with van der Waals surface area (Å²) in [6.45, 7) is 8.06. The molecule has 0 aromatic rings. The van der Waals surface area contributed by atoms with Crippen LogP contribution in [0.1, 0.15) is 65.7 Å². The van der Waals surface area contributed by atoms with Crippen LogP contribution in [0.4, 0.5) is 0 Å². The van der Waals surface area contributed by atoms with Gasteiger partial charge in [-0.05, 0) is 49.1 Å². The van der Waals surface area contributed by atoms with Crippen molar-refractivity contribution < 1.29 is 0 Å². The minimum absolute atomic E-state index is 0.643. The molecule has 1 rings (SSSR count). The molecule has 2 atom stereocenters. The van der Waals surface area contributed by atoms with Crippen LogP contribution in [0.2, 0.25) is 0 Å². The molecule has 1 saturated carbocycles. The summed E-state index contributed by atoms with van der Waals surface area (Å²) >= 11 is 2.11. The summed E-state index contributed by atoms with van der Waals surface area (Å²) in [5, 5.41) is 3.67. The monoisotopic (exact) mass is 271 g/mol. The molecule has 0 saturated heterocycles. The van der Waals surface area contributed by atoms with Gasteiger partial charge >= 0.3 is 0 Å². The van der Waals surface area contributed by atoms with Gasteiger partial charge in [-0.25, -0.2) is 0 Å². The lowest BCUT2D eigenvalue weighted by Crippen LogP contribution is -2.32. The molecular weight excluding hydrogens is 238 g/mol. The average molecular weight is 272 g/mol. The zero-order chi connectivity index (χ0) is 13.2. The van der Waals surface area contributed by atoms with Crippen molar-refractivity contribution in [1.82, 2.24) is 5.32 Å². The molecule has 0 aromatic heterocycles. The molecule has 1 aliphatic carbocycles. The first-order valence-electron chi connectivity index (χ1n) is 8.05. The fraction of sp³-hybridized carbons (Fsp3) is 1.00. The molecule has 0 aliphatic heterocycles. The van der Waals surface area contributed by atoms with Gasteiger partial charge in [-0.15, -0.1) is 0 Å². The quantitative estimate of drug-likeness (QED) is 0.506. The zero-order valence-electron chi connectivity index (χ0n) is 12.7. The summed E-state index contributed by atoms with van der Waals surface area (Å²) in [7, 11) is 0. The van der Waals surface area contributed by atoms with E-state index < -0.39 is 0 Å². The maximum absolute atomic E-state index is 3.67. The second kappa shape index (κ2) is 10.1. The third-order valence-electron chi connectivity index (χ3n) is 4.17. The van der Waals surface area contributed by atoms with Gasteiger partial charge in [0.1, 0.15) is 0 Å².